The molecular weight excluding hydrogens is 340 g/mol. The molecule has 2 aromatic rings. The molecule has 1 heterocycles. The molecule has 0 spiro atoms. The second-order valence-corrected chi connectivity index (χ2v) is 6.18. The van der Waals surface area contributed by atoms with E-state index in [1.165, 1.54) is 6.92 Å². The molecule has 0 radical (unpaired) electrons. The minimum atomic E-state index is -0.0154. The van der Waals surface area contributed by atoms with Crippen LogP contribution in [0.4, 0.5) is 0 Å². The molecule has 0 saturated heterocycles. The zero-order valence-electron chi connectivity index (χ0n) is 11.3. The van der Waals surface area contributed by atoms with Gasteiger partial charge in [0.05, 0.1) is 0 Å². The minimum absolute atomic E-state index is 0.0154. The summed E-state index contributed by atoms with van der Waals surface area (Å²) in [6.45, 7) is 2.14. The van der Waals surface area contributed by atoms with Gasteiger partial charge in [-0.3, -0.25) is 4.79 Å². The van der Waals surface area contributed by atoms with Gasteiger partial charge in [-0.05, 0) is 12.1 Å². The standard InChI is InChI=1S/C13H15BrN4OS/c1-9(19)15-6-7-20-13-17-16-12(18(13)2)10-4-3-5-11(14)8-10/h3-5,8H,6-7H2,1-2H3,(H,15,19). The quantitative estimate of drug-likeness (QED) is 0.661. The Morgan fingerprint density at radius 3 is 2.95 bits per heavy atom. The molecule has 0 aliphatic heterocycles. The fourth-order valence-electron chi connectivity index (χ4n) is 1.69. The molecule has 1 aromatic heterocycles. The summed E-state index contributed by atoms with van der Waals surface area (Å²) in [5, 5.41) is 12.0. The van der Waals surface area contributed by atoms with Gasteiger partial charge in [-0.25, -0.2) is 0 Å². The Morgan fingerprint density at radius 2 is 2.25 bits per heavy atom. The van der Waals surface area contributed by atoms with Gasteiger partial charge in [0, 0.05) is 36.3 Å². The van der Waals surface area contributed by atoms with E-state index in [9.17, 15) is 4.79 Å². The molecule has 1 amide bonds. The van der Waals surface area contributed by atoms with E-state index in [1.807, 2.05) is 35.9 Å². The van der Waals surface area contributed by atoms with Crippen LogP contribution < -0.4 is 5.32 Å². The Hall–Kier alpha value is -1.34. The van der Waals surface area contributed by atoms with E-state index in [1.54, 1.807) is 11.8 Å². The number of amides is 1. The highest BCUT2D eigenvalue weighted by atomic mass is 79.9. The number of halogens is 1. The van der Waals surface area contributed by atoms with Crippen LogP contribution in [0.1, 0.15) is 6.92 Å². The Balaban J connectivity index is 2.05. The number of thioether (sulfide) groups is 1. The normalized spacial score (nSPS) is 10.6. The first-order chi connectivity index (χ1) is 9.58. The maximum atomic E-state index is 10.8. The highest BCUT2D eigenvalue weighted by Gasteiger charge is 2.11. The van der Waals surface area contributed by atoms with E-state index in [-0.39, 0.29) is 5.91 Å². The molecule has 0 unspecified atom stereocenters. The van der Waals surface area contributed by atoms with Crippen LogP contribution in [0, 0.1) is 0 Å². The van der Waals surface area contributed by atoms with Crippen molar-refractivity contribution in [2.75, 3.05) is 12.3 Å². The van der Waals surface area contributed by atoms with Gasteiger partial charge in [0.25, 0.3) is 0 Å². The maximum Gasteiger partial charge on any atom is 0.216 e. The molecule has 0 atom stereocenters. The van der Waals surface area contributed by atoms with Gasteiger partial charge in [0.2, 0.25) is 5.91 Å². The van der Waals surface area contributed by atoms with Crippen molar-refractivity contribution < 1.29 is 4.79 Å². The molecule has 1 N–H and O–H groups in total. The van der Waals surface area contributed by atoms with Gasteiger partial charge >= 0.3 is 0 Å². The monoisotopic (exact) mass is 354 g/mol. The number of carbonyl (C=O) groups excluding carboxylic acids is 1. The maximum absolute atomic E-state index is 10.8. The van der Waals surface area contributed by atoms with Crippen molar-refractivity contribution in [2.45, 2.75) is 12.1 Å². The van der Waals surface area contributed by atoms with Crippen LogP contribution in [0.15, 0.2) is 33.9 Å². The number of rotatable bonds is 5. The summed E-state index contributed by atoms with van der Waals surface area (Å²) in [5.41, 5.74) is 1.02. The fourth-order valence-corrected chi connectivity index (χ4v) is 2.85. The molecule has 0 aliphatic rings. The van der Waals surface area contributed by atoms with Crippen LogP contribution in [0.25, 0.3) is 11.4 Å². The van der Waals surface area contributed by atoms with Crippen LogP contribution in [-0.2, 0) is 11.8 Å². The van der Waals surface area contributed by atoms with Crippen molar-refractivity contribution in [3.8, 4) is 11.4 Å². The van der Waals surface area contributed by atoms with Gasteiger partial charge in [-0.2, -0.15) is 0 Å². The summed E-state index contributed by atoms with van der Waals surface area (Å²) in [6.07, 6.45) is 0. The van der Waals surface area contributed by atoms with Crippen molar-refractivity contribution >= 4 is 33.6 Å². The van der Waals surface area contributed by atoms with Crippen LogP contribution in [0.5, 0.6) is 0 Å². The van der Waals surface area contributed by atoms with Crippen molar-refractivity contribution in [3.05, 3.63) is 28.7 Å². The van der Waals surface area contributed by atoms with Crippen molar-refractivity contribution in [2.24, 2.45) is 7.05 Å². The molecule has 0 bridgehead atoms. The predicted octanol–water partition coefficient (Wildman–Crippen LogP) is 2.47. The van der Waals surface area contributed by atoms with E-state index in [2.05, 4.69) is 31.4 Å². The highest BCUT2D eigenvalue weighted by Crippen LogP contribution is 2.24. The average Bonchev–Trinajstić information content (AvgIpc) is 2.76. The third-order valence-electron chi connectivity index (χ3n) is 2.62. The number of hydrogen-bond acceptors (Lipinski definition) is 4. The summed E-state index contributed by atoms with van der Waals surface area (Å²) < 4.78 is 2.97. The predicted molar refractivity (Wildman–Crippen MR) is 83.5 cm³/mol. The molecule has 0 aliphatic carbocycles. The summed E-state index contributed by atoms with van der Waals surface area (Å²) in [4.78, 5) is 10.8. The molecule has 106 valence electrons. The lowest BCUT2D eigenvalue weighted by molar-refractivity contribution is -0.118. The summed E-state index contributed by atoms with van der Waals surface area (Å²) in [5.74, 6) is 1.58. The first-order valence-electron chi connectivity index (χ1n) is 6.10. The molecular formula is C13H15BrN4OS. The molecule has 2 rings (SSSR count). The lowest BCUT2D eigenvalue weighted by Gasteiger charge is -2.04. The third-order valence-corrected chi connectivity index (χ3v) is 4.14. The Bertz CT molecular complexity index is 614. The van der Waals surface area contributed by atoms with Crippen LogP contribution >= 0.6 is 27.7 Å². The van der Waals surface area contributed by atoms with Crippen molar-refractivity contribution in [1.82, 2.24) is 20.1 Å². The zero-order valence-corrected chi connectivity index (χ0v) is 13.7. The second kappa shape index (κ2) is 6.90. The first-order valence-corrected chi connectivity index (χ1v) is 7.88. The van der Waals surface area contributed by atoms with Crippen LogP contribution in [0.3, 0.4) is 0 Å². The largest absolute Gasteiger partial charge is 0.356 e. The van der Waals surface area contributed by atoms with Crippen LogP contribution in [-0.4, -0.2) is 33.0 Å². The zero-order chi connectivity index (χ0) is 14.5. The minimum Gasteiger partial charge on any atom is -0.356 e. The summed E-state index contributed by atoms with van der Waals surface area (Å²) >= 11 is 5.02. The fraction of sp³-hybridized carbons (Fsp3) is 0.308. The van der Waals surface area contributed by atoms with Gasteiger partial charge in [0.15, 0.2) is 11.0 Å². The molecule has 20 heavy (non-hydrogen) atoms. The van der Waals surface area contributed by atoms with Crippen LogP contribution in [0.2, 0.25) is 0 Å². The number of aromatic nitrogens is 3. The Labute approximate surface area is 130 Å². The van der Waals surface area contributed by atoms with Gasteiger partial charge in [-0.1, -0.05) is 39.8 Å². The second-order valence-electron chi connectivity index (χ2n) is 4.21. The SMILES string of the molecule is CC(=O)NCCSc1nnc(-c2cccc(Br)c2)n1C. The first kappa shape index (κ1) is 15.1. The molecule has 0 saturated carbocycles. The van der Waals surface area contributed by atoms with E-state index in [4.69, 9.17) is 0 Å². The Morgan fingerprint density at radius 1 is 1.45 bits per heavy atom. The summed E-state index contributed by atoms with van der Waals surface area (Å²) in [6, 6.07) is 7.96. The average molecular weight is 355 g/mol. The van der Waals surface area contributed by atoms with Gasteiger partial charge in [0.1, 0.15) is 0 Å². The van der Waals surface area contributed by atoms with E-state index >= 15 is 0 Å². The number of nitrogens with zero attached hydrogens (tertiary/aromatic N) is 3. The van der Waals surface area contributed by atoms with Gasteiger partial charge < -0.3 is 9.88 Å². The van der Waals surface area contributed by atoms with E-state index in [0.717, 1.165) is 26.8 Å². The summed E-state index contributed by atoms with van der Waals surface area (Å²) in [7, 11) is 1.94. The molecule has 1 aromatic carbocycles. The third kappa shape index (κ3) is 3.83. The van der Waals surface area contributed by atoms with Crippen molar-refractivity contribution in [3.63, 3.8) is 0 Å². The number of carbonyl (C=O) groups is 1. The van der Waals surface area contributed by atoms with E-state index in [0.29, 0.717) is 6.54 Å². The number of hydrogen-bond donors (Lipinski definition) is 1. The molecule has 7 heteroatoms. The lowest BCUT2D eigenvalue weighted by atomic mass is 10.2. The Kier molecular flexibility index (Phi) is 5.19. The number of benzene rings is 1. The number of nitrogens with one attached hydrogen (secondary N) is 1. The smallest absolute Gasteiger partial charge is 0.216 e. The highest BCUT2D eigenvalue weighted by molar-refractivity contribution is 9.10. The van der Waals surface area contributed by atoms with E-state index < -0.39 is 0 Å². The van der Waals surface area contributed by atoms with Gasteiger partial charge in [-0.15, -0.1) is 10.2 Å². The molecule has 5 nitrogen and oxygen atoms in total. The lowest BCUT2D eigenvalue weighted by Crippen LogP contribution is -2.22. The topological polar surface area (TPSA) is 59.8 Å². The molecule has 0 fully saturated rings. The van der Waals surface area contributed by atoms with Crippen molar-refractivity contribution in [1.29, 1.82) is 0 Å².